The van der Waals surface area contributed by atoms with Crippen molar-refractivity contribution < 1.29 is 18.0 Å². The van der Waals surface area contributed by atoms with Gasteiger partial charge in [0.2, 0.25) is 5.91 Å². The number of rotatable bonds is 5. The van der Waals surface area contributed by atoms with Crippen LogP contribution >= 0.6 is 0 Å². The molecular formula is C14H19F3N2O. The highest BCUT2D eigenvalue weighted by molar-refractivity contribution is 5.81. The second-order valence-electron chi connectivity index (χ2n) is 4.65. The average Bonchev–Trinajstić information content (AvgIpc) is 2.42. The van der Waals surface area contributed by atoms with Gasteiger partial charge in [-0.25, -0.2) is 0 Å². The van der Waals surface area contributed by atoms with Crippen molar-refractivity contribution in [1.82, 2.24) is 10.2 Å². The van der Waals surface area contributed by atoms with Crippen LogP contribution in [0.2, 0.25) is 0 Å². The topological polar surface area (TPSA) is 32.3 Å². The van der Waals surface area contributed by atoms with Crippen LogP contribution in [0, 0.1) is 0 Å². The minimum absolute atomic E-state index is 0.0422. The van der Waals surface area contributed by atoms with Crippen LogP contribution in [0.3, 0.4) is 0 Å². The number of carbonyl (C=O) groups excluding carboxylic acids is 1. The van der Waals surface area contributed by atoms with Crippen LogP contribution in [0.15, 0.2) is 24.3 Å². The van der Waals surface area contributed by atoms with Crippen molar-refractivity contribution in [3.63, 3.8) is 0 Å². The molecule has 20 heavy (non-hydrogen) atoms. The lowest BCUT2D eigenvalue weighted by molar-refractivity contribution is -0.137. The average molecular weight is 288 g/mol. The quantitative estimate of drug-likeness (QED) is 0.903. The van der Waals surface area contributed by atoms with E-state index in [1.54, 1.807) is 18.9 Å². The maximum Gasteiger partial charge on any atom is 0.416 e. The smallest absolute Gasteiger partial charge is 0.345 e. The number of hydrogen-bond donors (Lipinski definition) is 1. The van der Waals surface area contributed by atoms with Crippen LogP contribution in [0.4, 0.5) is 13.2 Å². The van der Waals surface area contributed by atoms with Crippen molar-refractivity contribution in [2.75, 3.05) is 13.6 Å². The van der Waals surface area contributed by atoms with Gasteiger partial charge in [-0.15, -0.1) is 0 Å². The highest BCUT2D eigenvalue weighted by Gasteiger charge is 2.29. The SMILES string of the molecule is CCN(C)C(=O)C(C)NCc1ccc(C(F)(F)F)cc1. The van der Waals surface area contributed by atoms with Crippen LogP contribution in [0.25, 0.3) is 0 Å². The number of carbonyl (C=O) groups is 1. The molecule has 0 heterocycles. The Morgan fingerprint density at radius 3 is 2.30 bits per heavy atom. The minimum atomic E-state index is -4.32. The zero-order valence-electron chi connectivity index (χ0n) is 11.8. The predicted octanol–water partition coefficient (Wildman–Crippen LogP) is 2.66. The van der Waals surface area contributed by atoms with E-state index in [1.807, 2.05) is 6.92 Å². The summed E-state index contributed by atoms with van der Waals surface area (Å²) < 4.78 is 37.2. The lowest BCUT2D eigenvalue weighted by Gasteiger charge is -2.20. The first-order valence-electron chi connectivity index (χ1n) is 6.40. The van der Waals surface area contributed by atoms with Crippen molar-refractivity contribution in [3.05, 3.63) is 35.4 Å². The number of halogens is 3. The van der Waals surface area contributed by atoms with Crippen molar-refractivity contribution in [2.24, 2.45) is 0 Å². The summed E-state index contributed by atoms with van der Waals surface area (Å²) in [6, 6.07) is 4.54. The van der Waals surface area contributed by atoms with Gasteiger partial charge >= 0.3 is 6.18 Å². The second-order valence-corrected chi connectivity index (χ2v) is 4.65. The van der Waals surface area contributed by atoms with E-state index in [1.165, 1.54) is 12.1 Å². The molecule has 0 aliphatic rings. The third-order valence-electron chi connectivity index (χ3n) is 3.11. The van der Waals surface area contributed by atoms with Gasteiger partial charge in [0.1, 0.15) is 0 Å². The lowest BCUT2D eigenvalue weighted by atomic mass is 10.1. The molecule has 0 bridgehead atoms. The Labute approximate surface area is 116 Å². The highest BCUT2D eigenvalue weighted by Crippen LogP contribution is 2.29. The van der Waals surface area contributed by atoms with E-state index < -0.39 is 11.7 Å². The molecule has 6 heteroatoms. The molecular weight excluding hydrogens is 269 g/mol. The van der Waals surface area contributed by atoms with Gasteiger partial charge in [-0.2, -0.15) is 13.2 Å². The van der Waals surface area contributed by atoms with Gasteiger partial charge in [0.15, 0.2) is 0 Å². The number of alkyl halides is 3. The molecule has 1 aromatic rings. The van der Waals surface area contributed by atoms with Gasteiger partial charge in [0.25, 0.3) is 0 Å². The van der Waals surface area contributed by atoms with Gasteiger partial charge in [-0.05, 0) is 31.5 Å². The van der Waals surface area contributed by atoms with Gasteiger partial charge in [-0.1, -0.05) is 12.1 Å². The summed E-state index contributed by atoms with van der Waals surface area (Å²) in [6.07, 6.45) is -4.32. The Balaban J connectivity index is 2.56. The van der Waals surface area contributed by atoms with Gasteiger partial charge in [0.05, 0.1) is 11.6 Å². The molecule has 0 aliphatic carbocycles. The van der Waals surface area contributed by atoms with Crippen molar-refractivity contribution >= 4 is 5.91 Å². The van der Waals surface area contributed by atoms with Crippen LogP contribution < -0.4 is 5.32 Å². The molecule has 1 unspecified atom stereocenters. The Bertz CT molecular complexity index is 443. The molecule has 112 valence electrons. The summed E-state index contributed by atoms with van der Waals surface area (Å²) >= 11 is 0. The molecule has 1 atom stereocenters. The first-order valence-corrected chi connectivity index (χ1v) is 6.40. The van der Waals surface area contributed by atoms with Crippen LogP contribution in [-0.2, 0) is 17.5 Å². The first kappa shape index (κ1) is 16.5. The second kappa shape index (κ2) is 6.74. The highest BCUT2D eigenvalue weighted by atomic mass is 19.4. The maximum atomic E-state index is 12.4. The Morgan fingerprint density at radius 1 is 1.30 bits per heavy atom. The van der Waals surface area contributed by atoms with E-state index in [2.05, 4.69) is 5.32 Å². The normalized spacial score (nSPS) is 13.1. The maximum absolute atomic E-state index is 12.4. The molecule has 1 N–H and O–H groups in total. The summed E-state index contributed by atoms with van der Waals surface area (Å²) in [5.74, 6) is -0.0422. The van der Waals surface area contributed by atoms with Gasteiger partial charge < -0.3 is 10.2 Å². The zero-order valence-corrected chi connectivity index (χ0v) is 11.8. The molecule has 0 radical (unpaired) electrons. The van der Waals surface area contributed by atoms with Crippen molar-refractivity contribution in [1.29, 1.82) is 0 Å². The van der Waals surface area contributed by atoms with E-state index in [9.17, 15) is 18.0 Å². The van der Waals surface area contributed by atoms with E-state index >= 15 is 0 Å². The molecule has 0 fully saturated rings. The van der Waals surface area contributed by atoms with E-state index in [-0.39, 0.29) is 11.9 Å². The summed E-state index contributed by atoms with van der Waals surface area (Å²) in [6.45, 7) is 4.58. The third-order valence-corrected chi connectivity index (χ3v) is 3.11. The molecule has 0 aliphatic heterocycles. The fraction of sp³-hybridized carbons (Fsp3) is 0.500. The number of benzene rings is 1. The molecule has 0 spiro atoms. The third kappa shape index (κ3) is 4.52. The van der Waals surface area contributed by atoms with Crippen molar-refractivity contribution in [3.8, 4) is 0 Å². The fourth-order valence-electron chi connectivity index (χ4n) is 1.66. The van der Waals surface area contributed by atoms with E-state index in [0.29, 0.717) is 18.7 Å². The number of nitrogens with one attached hydrogen (secondary N) is 1. The molecule has 1 aromatic carbocycles. The Morgan fingerprint density at radius 2 is 1.85 bits per heavy atom. The minimum Gasteiger partial charge on any atom is -0.345 e. The molecule has 0 saturated heterocycles. The standard InChI is InChI=1S/C14H19F3N2O/c1-4-19(3)13(20)10(2)18-9-11-5-7-12(8-6-11)14(15,16)17/h5-8,10,18H,4,9H2,1-3H3. The van der Waals surface area contributed by atoms with Gasteiger partial charge in [0, 0.05) is 20.1 Å². The Hall–Kier alpha value is -1.56. The summed E-state index contributed by atoms with van der Waals surface area (Å²) in [4.78, 5) is 13.4. The van der Waals surface area contributed by atoms with E-state index in [0.717, 1.165) is 12.1 Å². The summed E-state index contributed by atoms with van der Waals surface area (Å²) in [5, 5.41) is 3.00. The number of hydrogen-bond acceptors (Lipinski definition) is 2. The van der Waals surface area contributed by atoms with Crippen LogP contribution in [-0.4, -0.2) is 30.4 Å². The molecule has 0 saturated carbocycles. The Kier molecular flexibility index (Phi) is 5.56. The molecule has 1 rings (SSSR count). The monoisotopic (exact) mass is 288 g/mol. The molecule has 3 nitrogen and oxygen atoms in total. The van der Waals surface area contributed by atoms with E-state index in [4.69, 9.17) is 0 Å². The van der Waals surface area contributed by atoms with Crippen LogP contribution in [0.5, 0.6) is 0 Å². The van der Waals surface area contributed by atoms with Crippen molar-refractivity contribution in [2.45, 2.75) is 32.6 Å². The molecule has 0 aromatic heterocycles. The lowest BCUT2D eigenvalue weighted by Crippen LogP contribution is -2.42. The number of likely N-dealkylation sites (N-methyl/N-ethyl adjacent to an activating group) is 1. The molecule has 1 amide bonds. The van der Waals surface area contributed by atoms with Crippen LogP contribution in [0.1, 0.15) is 25.0 Å². The first-order chi connectivity index (χ1) is 9.25. The van der Waals surface area contributed by atoms with Gasteiger partial charge in [-0.3, -0.25) is 4.79 Å². The number of amides is 1. The predicted molar refractivity (Wildman–Crippen MR) is 71.1 cm³/mol. The summed E-state index contributed by atoms with van der Waals surface area (Å²) in [7, 11) is 1.71. The largest absolute Gasteiger partial charge is 0.416 e. The zero-order chi connectivity index (χ0) is 15.3. The summed E-state index contributed by atoms with van der Waals surface area (Å²) in [5.41, 5.74) is 0.0351. The fourth-order valence-corrected chi connectivity index (χ4v) is 1.66. The number of nitrogens with zero attached hydrogens (tertiary/aromatic N) is 1.